The van der Waals surface area contributed by atoms with Gasteiger partial charge in [-0.1, -0.05) is 51.1 Å². The lowest BCUT2D eigenvalue weighted by molar-refractivity contribution is 0.596. The van der Waals surface area contributed by atoms with Crippen molar-refractivity contribution in [3.8, 4) is 0 Å². The third kappa shape index (κ3) is 1.67. The number of aromatic nitrogens is 1. The maximum atomic E-state index is 4.53. The summed E-state index contributed by atoms with van der Waals surface area (Å²) in [5.74, 6) is 0. The summed E-state index contributed by atoms with van der Waals surface area (Å²) in [7, 11) is 0. The number of hydrogen-bond donors (Lipinski definition) is 0. The first-order chi connectivity index (χ1) is 8.57. The molecule has 0 radical (unpaired) electrons. The first kappa shape index (κ1) is 11.2. The van der Waals surface area contributed by atoms with Gasteiger partial charge in [-0.3, -0.25) is 4.98 Å². The zero-order valence-electron chi connectivity index (χ0n) is 11.1. The largest absolute Gasteiger partial charge is 0.256 e. The van der Waals surface area contributed by atoms with E-state index < -0.39 is 0 Å². The molecule has 3 rings (SSSR count). The SMILES string of the molecule is CC(C)(C)c1cc2cccnc2c2ccccc12. The van der Waals surface area contributed by atoms with Crippen LogP contribution in [0.4, 0.5) is 0 Å². The van der Waals surface area contributed by atoms with E-state index >= 15 is 0 Å². The predicted molar refractivity (Wildman–Crippen MR) is 77.9 cm³/mol. The molecule has 0 N–H and O–H groups in total. The predicted octanol–water partition coefficient (Wildman–Crippen LogP) is 4.69. The minimum absolute atomic E-state index is 0.142. The molecule has 2 aromatic carbocycles. The van der Waals surface area contributed by atoms with Crippen LogP contribution >= 0.6 is 0 Å². The number of pyridine rings is 1. The van der Waals surface area contributed by atoms with Crippen LogP contribution in [0, 0.1) is 0 Å². The smallest absolute Gasteiger partial charge is 0.0780 e. The van der Waals surface area contributed by atoms with Crippen molar-refractivity contribution >= 4 is 21.7 Å². The van der Waals surface area contributed by atoms with Gasteiger partial charge in [0.1, 0.15) is 0 Å². The summed E-state index contributed by atoms with van der Waals surface area (Å²) in [6.07, 6.45) is 1.87. The first-order valence-corrected chi connectivity index (χ1v) is 6.34. The summed E-state index contributed by atoms with van der Waals surface area (Å²) in [6.45, 7) is 6.78. The fourth-order valence-corrected chi connectivity index (χ4v) is 2.54. The van der Waals surface area contributed by atoms with Crippen molar-refractivity contribution in [2.45, 2.75) is 26.2 Å². The molecule has 0 atom stereocenters. The van der Waals surface area contributed by atoms with Crippen LogP contribution in [0.15, 0.2) is 48.7 Å². The monoisotopic (exact) mass is 235 g/mol. The van der Waals surface area contributed by atoms with Gasteiger partial charge >= 0.3 is 0 Å². The molecule has 0 unspecified atom stereocenters. The van der Waals surface area contributed by atoms with Crippen LogP contribution in [0.1, 0.15) is 26.3 Å². The highest BCUT2D eigenvalue weighted by Crippen LogP contribution is 2.34. The molecule has 90 valence electrons. The molecule has 0 bridgehead atoms. The Balaban J connectivity index is 2.55. The molecule has 0 spiro atoms. The molecule has 0 fully saturated rings. The third-order valence-corrected chi connectivity index (χ3v) is 3.42. The molecule has 0 aliphatic carbocycles. The van der Waals surface area contributed by atoms with Crippen molar-refractivity contribution in [3.05, 3.63) is 54.2 Å². The van der Waals surface area contributed by atoms with Crippen molar-refractivity contribution < 1.29 is 0 Å². The van der Waals surface area contributed by atoms with E-state index in [0.29, 0.717) is 0 Å². The highest BCUT2D eigenvalue weighted by Gasteiger charge is 2.18. The van der Waals surface area contributed by atoms with Gasteiger partial charge in [0.15, 0.2) is 0 Å². The van der Waals surface area contributed by atoms with Crippen LogP contribution < -0.4 is 0 Å². The Hall–Kier alpha value is -1.89. The average molecular weight is 235 g/mol. The summed E-state index contributed by atoms with van der Waals surface area (Å²) >= 11 is 0. The third-order valence-electron chi connectivity index (χ3n) is 3.42. The zero-order valence-corrected chi connectivity index (χ0v) is 11.1. The fourth-order valence-electron chi connectivity index (χ4n) is 2.54. The van der Waals surface area contributed by atoms with E-state index in [1.165, 1.54) is 21.7 Å². The van der Waals surface area contributed by atoms with Crippen LogP contribution in [-0.2, 0) is 5.41 Å². The Morgan fingerprint density at radius 1 is 0.889 bits per heavy atom. The van der Waals surface area contributed by atoms with E-state index in [4.69, 9.17) is 0 Å². The molecular formula is C17H17N. The van der Waals surface area contributed by atoms with Crippen LogP contribution in [0.3, 0.4) is 0 Å². The minimum atomic E-state index is 0.142. The molecule has 1 heteroatoms. The second kappa shape index (κ2) is 3.81. The quantitative estimate of drug-likeness (QED) is 0.515. The van der Waals surface area contributed by atoms with E-state index in [0.717, 1.165) is 5.52 Å². The van der Waals surface area contributed by atoms with Crippen molar-refractivity contribution in [2.24, 2.45) is 0 Å². The second-order valence-electron chi connectivity index (χ2n) is 5.79. The summed E-state index contributed by atoms with van der Waals surface area (Å²) in [6, 6.07) is 15.0. The molecule has 0 saturated heterocycles. The van der Waals surface area contributed by atoms with Crippen molar-refractivity contribution in [1.82, 2.24) is 4.98 Å². The van der Waals surface area contributed by atoms with E-state index in [1.807, 2.05) is 12.3 Å². The maximum Gasteiger partial charge on any atom is 0.0780 e. The molecule has 18 heavy (non-hydrogen) atoms. The molecule has 0 aliphatic heterocycles. The van der Waals surface area contributed by atoms with Crippen molar-refractivity contribution in [1.29, 1.82) is 0 Å². The van der Waals surface area contributed by atoms with Crippen LogP contribution in [0.5, 0.6) is 0 Å². The molecule has 1 nitrogen and oxygen atoms in total. The van der Waals surface area contributed by atoms with Gasteiger partial charge in [-0.05, 0) is 28.5 Å². The van der Waals surface area contributed by atoms with Crippen molar-refractivity contribution in [3.63, 3.8) is 0 Å². The van der Waals surface area contributed by atoms with E-state index in [-0.39, 0.29) is 5.41 Å². The summed E-state index contributed by atoms with van der Waals surface area (Å²) in [5.41, 5.74) is 2.63. The Labute approximate surface area is 107 Å². The first-order valence-electron chi connectivity index (χ1n) is 6.34. The summed E-state index contributed by atoms with van der Waals surface area (Å²) < 4.78 is 0. The van der Waals surface area contributed by atoms with Crippen LogP contribution in [-0.4, -0.2) is 4.98 Å². The topological polar surface area (TPSA) is 12.9 Å². The lowest BCUT2D eigenvalue weighted by Crippen LogP contribution is -2.11. The van der Waals surface area contributed by atoms with Gasteiger partial charge in [0.25, 0.3) is 0 Å². The fraction of sp³-hybridized carbons (Fsp3) is 0.235. The Kier molecular flexibility index (Phi) is 2.37. The van der Waals surface area contributed by atoms with Gasteiger partial charge in [-0.25, -0.2) is 0 Å². The summed E-state index contributed by atoms with van der Waals surface area (Å²) in [4.78, 5) is 4.53. The van der Waals surface area contributed by atoms with Crippen LogP contribution in [0.2, 0.25) is 0 Å². The van der Waals surface area contributed by atoms with E-state index in [9.17, 15) is 0 Å². The molecule has 3 aromatic rings. The molecular weight excluding hydrogens is 218 g/mol. The maximum absolute atomic E-state index is 4.53. The molecule has 0 amide bonds. The van der Waals surface area contributed by atoms with Gasteiger partial charge < -0.3 is 0 Å². The number of fused-ring (bicyclic) bond motifs is 3. The normalized spacial score (nSPS) is 12.2. The number of rotatable bonds is 0. The average Bonchev–Trinajstić information content (AvgIpc) is 2.37. The Bertz CT molecular complexity index is 720. The highest BCUT2D eigenvalue weighted by molar-refractivity contribution is 6.07. The highest BCUT2D eigenvalue weighted by atomic mass is 14.6. The van der Waals surface area contributed by atoms with E-state index in [2.05, 4.69) is 62.2 Å². The Morgan fingerprint density at radius 2 is 1.61 bits per heavy atom. The minimum Gasteiger partial charge on any atom is -0.256 e. The second-order valence-corrected chi connectivity index (χ2v) is 5.79. The van der Waals surface area contributed by atoms with Gasteiger partial charge in [0.2, 0.25) is 0 Å². The van der Waals surface area contributed by atoms with Gasteiger partial charge in [0.05, 0.1) is 5.52 Å². The molecule has 0 saturated carbocycles. The molecule has 1 aromatic heterocycles. The lowest BCUT2D eigenvalue weighted by Gasteiger charge is -2.22. The van der Waals surface area contributed by atoms with Crippen LogP contribution in [0.25, 0.3) is 21.7 Å². The van der Waals surface area contributed by atoms with Gasteiger partial charge in [-0.2, -0.15) is 0 Å². The van der Waals surface area contributed by atoms with Gasteiger partial charge in [0, 0.05) is 17.0 Å². The molecule has 1 heterocycles. The van der Waals surface area contributed by atoms with E-state index in [1.54, 1.807) is 0 Å². The summed E-state index contributed by atoms with van der Waals surface area (Å²) in [5, 5.41) is 3.79. The molecule has 0 aliphatic rings. The lowest BCUT2D eigenvalue weighted by atomic mass is 9.82. The van der Waals surface area contributed by atoms with Crippen molar-refractivity contribution in [2.75, 3.05) is 0 Å². The number of benzene rings is 2. The van der Waals surface area contributed by atoms with Gasteiger partial charge in [-0.15, -0.1) is 0 Å². The Morgan fingerprint density at radius 3 is 2.33 bits per heavy atom. The standard InChI is InChI=1S/C17H17N/c1-17(2,3)15-11-12-7-6-10-18-16(12)14-9-5-4-8-13(14)15/h4-11H,1-3H3. The number of hydrogen-bond acceptors (Lipinski definition) is 1. The zero-order chi connectivity index (χ0) is 12.8. The number of nitrogens with zero attached hydrogens (tertiary/aromatic N) is 1.